The predicted octanol–water partition coefficient (Wildman–Crippen LogP) is -0.369. The van der Waals surface area contributed by atoms with Gasteiger partial charge in [0, 0.05) is 61.7 Å². The predicted molar refractivity (Wildman–Crippen MR) is 274 cm³/mol. The van der Waals surface area contributed by atoms with E-state index in [4.69, 9.17) is 0 Å². The van der Waals surface area contributed by atoms with Gasteiger partial charge in [-0.1, -0.05) is 31.7 Å². The van der Waals surface area contributed by atoms with Crippen LogP contribution in [0.4, 0.5) is 22.8 Å². The van der Waals surface area contributed by atoms with Gasteiger partial charge < -0.3 is 34.7 Å². The molecule has 3 aliphatic rings. The molecule has 41 heteroatoms. The molecule has 13 heterocycles. The molecule has 0 aliphatic carbocycles. The van der Waals surface area contributed by atoms with Gasteiger partial charge in [-0.25, -0.2) is 44.3 Å². The number of carbonyl (C=O) groups is 4. The van der Waals surface area contributed by atoms with Crippen molar-refractivity contribution in [3.05, 3.63) is 209 Å². The molecule has 15 N–H and O–H groups in total. The van der Waals surface area contributed by atoms with Gasteiger partial charge in [0.15, 0.2) is 12.9 Å². The Balaban J connectivity index is 0.000000869. The van der Waals surface area contributed by atoms with Gasteiger partial charge in [0.25, 0.3) is 17.0 Å². The summed E-state index contributed by atoms with van der Waals surface area (Å²) in [4.78, 5) is 100. The molecular weight excluding hydrogens is 1100 g/mol. The number of allylic oxidation sites excluding steroid dienone is 2. The molecule has 10 aromatic rings. The molecule has 2 fully saturated rings. The molecular formula is C41H53F3N28O10. The first-order valence-corrected chi connectivity index (χ1v) is 21.7. The van der Waals surface area contributed by atoms with Gasteiger partial charge in [0.2, 0.25) is 18.1 Å². The van der Waals surface area contributed by atoms with E-state index in [0.29, 0.717) is 5.92 Å². The molecule has 38 nitrogen and oxygen atoms in total. The highest BCUT2D eigenvalue weighted by atomic mass is 19.4. The number of carbonyl (C=O) groups excluding carboxylic acids is 4. The Morgan fingerprint density at radius 2 is 1.38 bits per heavy atom. The SMILES string of the molecule is C.CC1C=CNC=C1.FC(F)(F)c1ncn[nH]1.O=C1CNC(=O)N1.O=C1COC(=O)N1.O=c1[nH]nco1.O=c1cc[nH]c(=O)[nH]1.O=c1cccn[nH]1.c1c[nH]cn1.c1cc[nH]c1.c1cn[nH]c1.c1cn[nH]n1.c1nc[nH]n1.c1nn[nH]n1. The summed E-state index contributed by atoms with van der Waals surface area (Å²) in [6.45, 7) is 2.14. The van der Waals surface area contributed by atoms with Crippen molar-refractivity contribution in [3.8, 4) is 0 Å². The number of dihydropyridines is 1. The molecule has 0 atom stereocenters. The maximum Gasteiger partial charge on any atom is 0.451 e. The number of tetrazole rings is 1. The van der Waals surface area contributed by atoms with Crippen LogP contribution in [0.2, 0.25) is 0 Å². The Morgan fingerprint density at radius 1 is 0.622 bits per heavy atom. The Hall–Kier alpha value is -12.4. The largest absolute Gasteiger partial charge is 0.451 e. The summed E-state index contributed by atoms with van der Waals surface area (Å²) in [6, 6.07) is 9.55. The van der Waals surface area contributed by atoms with Crippen molar-refractivity contribution in [1.82, 2.24) is 143 Å². The third-order valence-corrected chi connectivity index (χ3v) is 6.79. The van der Waals surface area contributed by atoms with Crippen LogP contribution in [0.3, 0.4) is 0 Å². The van der Waals surface area contributed by atoms with Gasteiger partial charge >= 0.3 is 29.7 Å². The summed E-state index contributed by atoms with van der Waals surface area (Å²) in [5, 5.41) is 58.5. The highest BCUT2D eigenvalue weighted by Crippen LogP contribution is 2.24. The van der Waals surface area contributed by atoms with Gasteiger partial charge in [-0.3, -0.25) is 50.1 Å². The number of imidazole rings is 1. The number of hydrogen-bond acceptors (Lipinski definition) is 24. The normalized spacial score (nSPS) is 11.4. The summed E-state index contributed by atoms with van der Waals surface area (Å²) >= 11 is 0. The number of H-pyrrole nitrogens is 11. The summed E-state index contributed by atoms with van der Waals surface area (Å²) in [5.41, 5.74) is -1.02. The zero-order valence-corrected chi connectivity index (χ0v) is 41.5. The number of imide groups is 2. The second-order valence-corrected chi connectivity index (χ2v) is 12.9. The van der Waals surface area contributed by atoms with Crippen LogP contribution in [0.15, 0.2) is 185 Å². The number of halogens is 3. The molecule has 10 aromatic heterocycles. The van der Waals surface area contributed by atoms with Crippen molar-refractivity contribution < 1.29 is 41.5 Å². The topological polar surface area (TPSA) is 548 Å². The number of rotatable bonds is 0. The standard InChI is InChI=1S/C6H9N.C4H4N2O2.C4H4N2O.C4H5N.C3H2F3N3.C3H4N2O2.2C3H4N2.C3H3NO3.2C2H3N3.C2H2N2O2.CH2N4.CH4/c1-6-2-4-7-5-3-6;7-3-1-2-5-4(8)6-3;7-4-2-1-3-5-6-4;1-2-4-5-3-1;4-3(5,6)2-7-1-8-9-2;6-2-1-4-3(7)5-2;1-2-5-3-4-1;1-2-4-5-3-1;5-2-1-7-3(6)4-2;1-3-2-5-4-1;1-2-4-5-3-1;5-2-4-3-1-6-2;1-2-4-5-3-1;/h2-7H,1H3;1-2H,(H2,5,6,7,8);1-3H,(H,6,7);1-5H;1H,(H,7,8,9);1H2,(H2,4,5,6,7);2*1-3H,(H,4,5);1H2,(H,4,5,6);2*1-2H,(H,3,4,5);1H,(H,4,5);1H,(H,2,3,4,5);1H4. The lowest BCUT2D eigenvalue weighted by Crippen LogP contribution is -2.22. The minimum absolute atomic E-state index is 0. The maximum absolute atomic E-state index is 11.5. The number of hydrogen-bond donors (Lipinski definition) is 15. The number of urea groups is 1. The summed E-state index contributed by atoms with van der Waals surface area (Å²) < 4.78 is 42.7. The molecule has 0 aromatic carbocycles. The van der Waals surface area contributed by atoms with E-state index in [-0.39, 0.29) is 43.5 Å². The monoisotopic (exact) mass is 1150 g/mol. The highest BCUT2D eigenvalue weighted by Gasteiger charge is 2.34. The first kappa shape index (κ1) is 69.6. The zero-order chi connectivity index (χ0) is 59.3. The van der Waals surface area contributed by atoms with Crippen LogP contribution in [0.25, 0.3) is 0 Å². The Bertz CT molecular complexity index is 2800. The first-order chi connectivity index (χ1) is 39.1. The first-order valence-electron chi connectivity index (χ1n) is 21.7. The van der Waals surface area contributed by atoms with Crippen molar-refractivity contribution in [3.63, 3.8) is 0 Å². The van der Waals surface area contributed by atoms with Crippen molar-refractivity contribution in [1.29, 1.82) is 0 Å². The number of aromatic nitrogens is 24. The van der Waals surface area contributed by atoms with Crippen LogP contribution >= 0.6 is 0 Å². The maximum atomic E-state index is 11.5. The summed E-state index contributed by atoms with van der Waals surface area (Å²) in [6.07, 6.45) is 27.5. The lowest BCUT2D eigenvalue weighted by molar-refractivity contribution is -0.144. The van der Waals surface area contributed by atoms with Crippen molar-refractivity contribution in [2.75, 3.05) is 13.2 Å². The second kappa shape index (κ2) is 47.1. The number of aromatic amines is 11. The van der Waals surface area contributed by atoms with Crippen molar-refractivity contribution >= 4 is 23.9 Å². The van der Waals surface area contributed by atoms with Gasteiger partial charge in [0.1, 0.15) is 19.0 Å². The van der Waals surface area contributed by atoms with E-state index in [1.165, 1.54) is 43.5 Å². The molecule has 0 radical (unpaired) electrons. The molecule has 0 bridgehead atoms. The van der Waals surface area contributed by atoms with E-state index in [0.717, 1.165) is 12.7 Å². The van der Waals surface area contributed by atoms with Crippen LogP contribution in [0, 0.1) is 5.92 Å². The number of ether oxygens (including phenoxy) is 1. The lowest BCUT2D eigenvalue weighted by Gasteiger charge is -2.02. The van der Waals surface area contributed by atoms with Crippen LogP contribution in [0.1, 0.15) is 20.2 Å². The minimum atomic E-state index is -4.41. The number of cyclic esters (lactones) is 1. The molecule has 0 saturated carbocycles. The highest BCUT2D eigenvalue weighted by molar-refractivity contribution is 6.01. The third kappa shape index (κ3) is 45.1. The number of nitrogens with zero attached hydrogens (tertiary/aromatic N) is 13. The van der Waals surface area contributed by atoms with Crippen molar-refractivity contribution in [2.24, 2.45) is 5.92 Å². The van der Waals surface area contributed by atoms with E-state index in [1.54, 1.807) is 54.7 Å². The van der Waals surface area contributed by atoms with Gasteiger partial charge in [-0.15, -0.1) is 15.3 Å². The molecule has 5 amide bonds. The molecule has 0 spiro atoms. The van der Waals surface area contributed by atoms with E-state index in [9.17, 15) is 51.5 Å². The van der Waals surface area contributed by atoms with E-state index in [1.807, 2.05) is 63.7 Å². The van der Waals surface area contributed by atoms with Crippen LogP contribution in [0.5, 0.6) is 0 Å². The minimum Gasteiger partial charge on any atom is -0.439 e. The molecule has 0 unspecified atom stereocenters. The van der Waals surface area contributed by atoms with E-state index in [2.05, 4.69) is 146 Å². The van der Waals surface area contributed by atoms with Crippen LogP contribution in [-0.4, -0.2) is 159 Å². The average Bonchev–Trinajstić information content (AvgIpc) is 4.30. The van der Waals surface area contributed by atoms with Crippen LogP contribution in [-0.2, 0) is 20.5 Å². The quantitative estimate of drug-likeness (QED) is 0.0861. The average molecular weight is 1160 g/mol. The fourth-order valence-electron chi connectivity index (χ4n) is 3.61. The number of amides is 5. The smallest absolute Gasteiger partial charge is 0.439 e. The zero-order valence-electron chi connectivity index (χ0n) is 41.5. The Labute approximate surface area is 456 Å². The van der Waals surface area contributed by atoms with Crippen LogP contribution < -0.4 is 43.8 Å². The van der Waals surface area contributed by atoms with Gasteiger partial charge in [0.05, 0.1) is 25.3 Å². The molecule has 438 valence electrons. The molecule has 2 saturated heterocycles. The van der Waals surface area contributed by atoms with Gasteiger partial charge in [-0.2, -0.15) is 54.2 Å². The van der Waals surface area contributed by atoms with E-state index >= 15 is 0 Å². The summed E-state index contributed by atoms with van der Waals surface area (Å²) in [5.74, 6) is -1.60. The third-order valence-electron chi connectivity index (χ3n) is 6.79. The summed E-state index contributed by atoms with van der Waals surface area (Å²) in [7, 11) is 0. The van der Waals surface area contributed by atoms with Gasteiger partial charge in [-0.05, 0) is 42.6 Å². The Kier molecular flexibility index (Phi) is 40.0. The van der Waals surface area contributed by atoms with Crippen molar-refractivity contribution in [2.45, 2.75) is 20.5 Å². The number of alkyl carbamates (subject to hydrolysis) is 1. The Morgan fingerprint density at radius 3 is 1.60 bits per heavy atom. The molecule has 3 aliphatic heterocycles. The van der Waals surface area contributed by atoms with E-state index < -0.39 is 35.6 Å². The fraction of sp³-hybridized carbons (Fsp3) is 0.146. The molecule has 82 heavy (non-hydrogen) atoms. The molecule has 13 rings (SSSR count). The number of alkyl halides is 3. The fourth-order valence-corrected chi connectivity index (χ4v) is 3.61. The number of nitrogens with one attached hydrogen (secondary N) is 15. The second-order valence-electron chi connectivity index (χ2n) is 12.9. The lowest BCUT2D eigenvalue weighted by atomic mass is 10.1.